The van der Waals surface area contributed by atoms with E-state index in [0.29, 0.717) is 5.56 Å². The highest BCUT2D eigenvalue weighted by atomic mass is 19.1. The maximum atomic E-state index is 12.2. The van der Waals surface area contributed by atoms with E-state index in [1.165, 1.54) is 12.1 Å². The summed E-state index contributed by atoms with van der Waals surface area (Å²) in [6, 6.07) is 3.42. The van der Waals surface area contributed by atoms with E-state index in [9.17, 15) is 8.78 Å². The van der Waals surface area contributed by atoms with Gasteiger partial charge in [0.15, 0.2) is 0 Å². The van der Waals surface area contributed by atoms with Crippen molar-refractivity contribution in [3.63, 3.8) is 0 Å². The third-order valence-corrected chi connectivity index (χ3v) is 2.12. The van der Waals surface area contributed by atoms with Gasteiger partial charge in [-0.2, -0.15) is 0 Å². The second kappa shape index (κ2) is 9.97. The van der Waals surface area contributed by atoms with Gasteiger partial charge in [0.1, 0.15) is 11.6 Å². The van der Waals surface area contributed by atoms with E-state index in [-0.39, 0.29) is 0 Å². The lowest BCUT2D eigenvalue weighted by atomic mass is 10.2. The third-order valence-electron chi connectivity index (χ3n) is 2.12. The lowest BCUT2D eigenvalue weighted by molar-refractivity contribution is 0.545. The summed E-state index contributed by atoms with van der Waals surface area (Å²) in [7, 11) is 0. The average Bonchev–Trinajstić information content (AvgIpc) is 2.23. The summed E-state index contributed by atoms with van der Waals surface area (Å²) in [5.41, 5.74) is 5.91. The van der Waals surface area contributed by atoms with Gasteiger partial charge in [0.25, 0.3) is 0 Å². The second-order valence-electron chi connectivity index (χ2n) is 4.69. The molecular weight excluding hydrogens is 234 g/mol. The van der Waals surface area contributed by atoms with Gasteiger partial charge in [0, 0.05) is 6.07 Å². The Hall–Kier alpha value is -1.00. The fourth-order valence-corrected chi connectivity index (χ4v) is 1.31. The van der Waals surface area contributed by atoms with Gasteiger partial charge >= 0.3 is 0 Å². The minimum absolute atomic E-state index is 0.521. The van der Waals surface area contributed by atoms with E-state index in [1.807, 2.05) is 0 Å². The Balaban J connectivity index is 0.000000321. The molecule has 1 rings (SSSR count). The van der Waals surface area contributed by atoms with Gasteiger partial charge in [-0.15, -0.1) is 0 Å². The molecule has 0 unspecified atom stereocenters. The molecular formula is C14H24F2N2. The van der Waals surface area contributed by atoms with Crippen LogP contribution in [0.5, 0.6) is 0 Å². The van der Waals surface area contributed by atoms with Crippen molar-refractivity contribution < 1.29 is 8.78 Å². The molecule has 0 bridgehead atoms. The molecule has 0 aliphatic heterocycles. The highest BCUT2D eigenvalue weighted by Crippen LogP contribution is 2.05. The molecule has 0 spiro atoms. The molecule has 0 radical (unpaired) electrons. The number of benzene rings is 1. The molecule has 2 nitrogen and oxygen atoms in total. The summed E-state index contributed by atoms with van der Waals surface area (Å²) in [6.07, 6.45) is 1.09. The second-order valence-corrected chi connectivity index (χ2v) is 4.69. The quantitative estimate of drug-likeness (QED) is 0.797. The van der Waals surface area contributed by atoms with Crippen molar-refractivity contribution in [1.29, 1.82) is 0 Å². The molecule has 0 aliphatic rings. The highest BCUT2D eigenvalue weighted by Gasteiger charge is 1.94. The maximum absolute atomic E-state index is 12.2. The van der Waals surface area contributed by atoms with Crippen molar-refractivity contribution in [2.45, 2.75) is 27.2 Å². The van der Waals surface area contributed by atoms with Crippen LogP contribution in [0.15, 0.2) is 18.2 Å². The Morgan fingerprint density at radius 3 is 2.11 bits per heavy atom. The minimum atomic E-state index is -0.521. The standard InChI is InChI=1S/C7H6F2.C7H18N2/c1-5-2-6(8)4-7(9)3-5;1-7(2)6-9-5-3-4-8/h2-4H,1H3;7,9H,3-6,8H2,1-2H3. The van der Waals surface area contributed by atoms with E-state index in [0.717, 1.165) is 38.0 Å². The molecule has 0 amide bonds. The van der Waals surface area contributed by atoms with Crippen LogP contribution in [0.1, 0.15) is 25.8 Å². The van der Waals surface area contributed by atoms with Gasteiger partial charge in [-0.05, 0) is 56.6 Å². The van der Waals surface area contributed by atoms with Crippen LogP contribution in [0.2, 0.25) is 0 Å². The molecule has 4 heteroatoms. The van der Waals surface area contributed by atoms with E-state index in [1.54, 1.807) is 6.92 Å². The van der Waals surface area contributed by atoms with Crippen LogP contribution >= 0.6 is 0 Å². The van der Waals surface area contributed by atoms with Gasteiger partial charge in [-0.3, -0.25) is 0 Å². The lowest BCUT2D eigenvalue weighted by Crippen LogP contribution is -2.22. The number of nitrogens with two attached hydrogens (primary N) is 1. The van der Waals surface area contributed by atoms with Crippen LogP contribution in [0, 0.1) is 24.5 Å². The van der Waals surface area contributed by atoms with Gasteiger partial charge in [-0.1, -0.05) is 13.8 Å². The first-order valence-electron chi connectivity index (χ1n) is 6.29. The molecule has 0 atom stereocenters. The molecule has 1 aromatic rings. The van der Waals surface area contributed by atoms with Gasteiger partial charge < -0.3 is 11.1 Å². The number of rotatable bonds is 5. The van der Waals surface area contributed by atoms with E-state index < -0.39 is 11.6 Å². The highest BCUT2D eigenvalue weighted by molar-refractivity contribution is 5.15. The molecule has 0 aliphatic carbocycles. The molecule has 0 fully saturated rings. The first-order valence-corrected chi connectivity index (χ1v) is 6.29. The van der Waals surface area contributed by atoms with Crippen LogP contribution in [-0.4, -0.2) is 19.6 Å². The summed E-state index contributed by atoms with van der Waals surface area (Å²) in [4.78, 5) is 0. The summed E-state index contributed by atoms with van der Waals surface area (Å²) < 4.78 is 24.4. The molecule has 0 saturated heterocycles. The van der Waals surface area contributed by atoms with Gasteiger partial charge in [0.2, 0.25) is 0 Å². The van der Waals surface area contributed by atoms with Crippen LogP contribution in [0.25, 0.3) is 0 Å². The Morgan fingerprint density at radius 2 is 1.72 bits per heavy atom. The van der Waals surface area contributed by atoms with Crippen LogP contribution in [0.4, 0.5) is 8.78 Å². The van der Waals surface area contributed by atoms with Crippen LogP contribution in [-0.2, 0) is 0 Å². The van der Waals surface area contributed by atoms with Crippen molar-refractivity contribution in [3.05, 3.63) is 35.4 Å². The maximum Gasteiger partial charge on any atom is 0.126 e. The van der Waals surface area contributed by atoms with Crippen molar-refractivity contribution in [2.75, 3.05) is 19.6 Å². The fourth-order valence-electron chi connectivity index (χ4n) is 1.31. The Bertz CT molecular complexity index is 277. The molecule has 0 aromatic heterocycles. The largest absolute Gasteiger partial charge is 0.330 e. The Kier molecular flexibility index (Phi) is 9.42. The topological polar surface area (TPSA) is 38.0 Å². The van der Waals surface area contributed by atoms with E-state index in [2.05, 4.69) is 19.2 Å². The first kappa shape index (κ1) is 17.0. The molecule has 18 heavy (non-hydrogen) atoms. The summed E-state index contributed by atoms with van der Waals surface area (Å²) in [5, 5.41) is 3.31. The van der Waals surface area contributed by atoms with Crippen LogP contribution < -0.4 is 11.1 Å². The van der Waals surface area contributed by atoms with Crippen molar-refractivity contribution in [2.24, 2.45) is 11.7 Å². The molecule has 0 saturated carbocycles. The molecule has 0 heterocycles. The number of nitrogens with one attached hydrogen (secondary N) is 1. The predicted molar refractivity (Wildman–Crippen MR) is 72.5 cm³/mol. The van der Waals surface area contributed by atoms with Gasteiger partial charge in [0.05, 0.1) is 0 Å². The number of hydrogen-bond acceptors (Lipinski definition) is 2. The lowest BCUT2D eigenvalue weighted by Gasteiger charge is -2.05. The zero-order valence-corrected chi connectivity index (χ0v) is 11.5. The SMILES string of the molecule is CC(C)CNCCCN.Cc1cc(F)cc(F)c1. The number of hydrogen-bond donors (Lipinski definition) is 2. The molecule has 3 N–H and O–H groups in total. The minimum Gasteiger partial charge on any atom is -0.330 e. The Morgan fingerprint density at radius 1 is 1.17 bits per heavy atom. The summed E-state index contributed by atoms with van der Waals surface area (Å²) >= 11 is 0. The van der Waals surface area contributed by atoms with Gasteiger partial charge in [-0.25, -0.2) is 8.78 Å². The smallest absolute Gasteiger partial charge is 0.126 e. The molecule has 104 valence electrons. The number of halogens is 2. The third kappa shape index (κ3) is 10.2. The zero-order chi connectivity index (χ0) is 14.0. The summed E-state index contributed by atoms with van der Waals surface area (Å²) in [6.45, 7) is 9.02. The zero-order valence-electron chi connectivity index (χ0n) is 11.5. The van der Waals surface area contributed by atoms with E-state index in [4.69, 9.17) is 5.73 Å². The van der Waals surface area contributed by atoms with Crippen LogP contribution in [0.3, 0.4) is 0 Å². The fraction of sp³-hybridized carbons (Fsp3) is 0.571. The number of aryl methyl sites for hydroxylation is 1. The molecule has 1 aromatic carbocycles. The summed E-state index contributed by atoms with van der Waals surface area (Å²) in [5.74, 6) is -0.289. The first-order chi connectivity index (χ1) is 8.45. The van der Waals surface area contributed by atoms with Crippen molar-refractivity contribution >= 4 is 0 Å². The van der Waals surface area contributed by atoms with Crippen molar-refractivity contribution in [1.82, 2.24) is 5.32 Å². The Labute approximate surface area is 109 Å². The van der Waals surface area contributed by atoms with E-state index >= 15 is 0 Å². The normalized spacial score (nSPS) is 10.2. The average molecular weight is 258 g/mol. The van der Waals surface area contributed by atoms with Crippen molar-refractivity contribution in [3.8, 4) is 0 Å². The monoisotopic (exact) mass is 258 g/mol. The predicted octanol–water partition coefficient (Wildman–Crippen LogP) is 2.85.